The highest BCUT2D eigenvalue weighted by Crippen LogP contribution is 2.34. The Bertz CT molecular complexity index is 355. The van der Waals surface area contributed by atoms with Gasteiger partial charge in [0.1, 0.15) is 5.54 Å². The summed E-state index contributed by atoms with van der Waals surface area (Å²) in [6.07, 6.45) is 4.33. The van der Waals surface area contributed by atoms with Crippen molar-refractivity contribution in [1.82, 2.24) is 4.72 Å². The molecule has 1 saturated carbocycles. The number of carbonyl (C=O) groups is 1. The number of nitrogens with one attached hydrogen (secondary N) is 1. The molecule has 0 heterocycles. The van der Waals surface area contributed by atoms with Gasteiger partial charge in [0.2, 0.25) is 10.0 Å². The quantitative estimate of drug-likeness (QED) is 0.777. The van der Waals surface area contributed by atoms with Crippen LogP contribution in [0.25, 0.3) is 0 Å². The van der Waals surface area contributed by atoms with Crippen LogP contribution in [0.4, 0.5) is 0 Å². The maximum atomic E-state index is 11.2. The molecule has 0 bridgehead atoms. The smallest absolute Gasteiger partial charge is 0.324 e. The SMILES string of the molecule is CCC1CCC(NS(C)(=O)=O)(C(=O)O)CC1. The summed E-state index contributed by atoms with van der Waals surface area (Å²) < 4.78 is 24.7. The van der Waals surface area contributed by atoms with Crippen molar-refractivity contribution < 1.29 is 18.3 Å². The van der Waals surface area contributed by atoms with Crippen LogP contribution < -0.4 is 4.72 Å². The Morgan fingerprint density at radius 3 is 2.25 bits per heavy atom. The number of sulfonamides is 1. The van der Waals surface area contributed by atoms with E-state index in [1.54, 1.807) is 0 Å². The van der Waals surface area contributed by atoms with Gasteiger partial charge in [-0.25, -0.2) is 8.42 Å². The van der Waals surface area contributed by atoms with Gasteiger partial charge in [0.05, 0.1) is 6.26 Å². The fraction of sp³-hybridized carbons (Fsp3) is 0.900. The van der Waals surface area contributed by atoms with Crippen molar-refractivity contribution in [3.63, 3.8) is 0 Å². The van der Waals surface area contributed by atoms with Crippen LogP contribution in [0.3, 0.4) is 0 Å². The van der Waals surface area contributed by atoms with E-state index in [9.17, 15) is 18.3 Å². The molecule has 1 aliphatic rings. The van der Waals surface area contributed by atoms with E-state index in [0.717, 1.165) is 25.5 Å². The summed E-state index contributed by atoms with van der Waals surface area (Å²) in [6, 6.07) is 0. The zero-order valence-corrected chi connectivity index (χ0v) is 10.5. The molecule has 0 spiro atoms. The third-order valence-electron chi connectivity index (χ3n) is 3.33. The van der Waals surface area contributed by atoms with E-state index in [4.69, 9.17) is 0 Å². The van der Waals surface area contributed by atoms with Gasteiger partial charge in [0.25, 0.3) is 0 Å². The average molecular weight is 249 g/mol. The van der Waals surface area contributed by atoms with Crippen LogP contribution in [0.1, 0.15) is 39.0 Å². The molecule has 16 heavy (non-hydrogen) atoms. The van der Waals surface area contributed by atoms with Crippen LogP contribution in [-0.2, 0) is 14.8 Å². The standard InChI is InChI=1S/C10H19NO4S/c1-3-8-4-6-10(7-5-8,9(12)13)11-16(2,14)15/h8,11H,3-7H2,1-2H3,(H,12,13). The maximum Gasteiger partial charge on any atom is 0.324 e. The number of hydrogen-bond donors (Lipinski definition) is 2. The van der Waals surface area contributed by atoms with Crippen molar-refractivity contribution in [1.29, 1.82) is 0 Å². The van der Waals surface area contributed by atoms with Crippen LogP contribution in [0, 0.1) is 5.92 Å². The molecule has 2 N–H and O–H groups in total. The van der Waals surface area contributed by atoms with Gasteiger partial charge in [-0.1, -0.05) is 13.3 Å². The Kier molecular flexibility index (Phi) is 3.96. The molecule has 1 rings (SSSR count). The van der Waals surface area contributed by atoms with Gasteiger partial charge in [-0.3, -0.25) is 4.79 Å². The highest BCUT2D eigenvalue weighted by atomic mass is 32.2. The zero-order chi connectivity index (χ0) is 12.4. The Hall–Kier alpha value is -0.620. The minimum atomic E-state index is -3.48. The molecule has 0 radical (unpaired) electrons. The number of carboxylic acid groups (broad SMARTS) is 1. The lowest BCUT2D eigenvalue weighted by atomic mass is 9.76. The predicted molar refractivity (Wildman–Crippen MR) is 60.6 cm³/mol. The fourth-order valence-corrected chi connectivity index (χ4v) is 3.29. The first-order valence-corrected chi connectivity index (χ1v) is 7.40. The second-order valence-electron chi connectivity index (χ2n) is 4.61. The highest BCUT2D eigenvalue weighted by Gasteiger charge is 2.43. The van der Waals surface area contributed by atoms with Gasteiger partial charge in [0, 0.05) is 0 Å². The monoisotopic (exact) mass is 249 g/mol. The fourth-order valence-electron chi connectivity index (χ4n) is 2.29. The summed E-state index contributed by atoms with van der Waals surface area (Å²) in [5.74, 6) is -0.540. The van der Waals surface area contributed by atoms with Crippen LogP contribution in [0.15, 0.2) is 0 Å². The van der Waals surface area contributed by atoms with E-state index in [1.807, 2.05) is 0 Å². The van der Waals surface area contributed by atoms with Crippen molar-refractivity contribution in [2.45, 2.75) is 44.6 Å². The van der Waals surface area contributed by atoms with Gasteiger partial charge in [-0.05, 0) is 31.6 Å². The molecule has 0 aliphatic heterocycles. The lowest BCUT2D eigenvalue weighted by Gasteiger charge is -2.36. The highest BCUT2D eigenvalue weighted by molar-refractivity contribution is 7.88. The molecule has 0 amide bonds. The molecule has 0 aromatic rings. The summed E-state index contributed by atoms with van der Waals surface area (Å²) in [7, 11) is -3.48. The molecular formula is C10H19NO4S. The summed E-state index contributed by atoms with van der Waals surface area (Å²) >= 11 is 0. The molecular weight excluding hydrogens is 230 g/mol. The average Bonchev–Trinajstić information content (AvgIpc) is 2.16. The van der Waals surface area contributed by atoms with Gasteiger partial charge in [-0.15, -0.1) is 0 Å². The minimum Gasteiger partial charge on any atom is -0.480 e. The minimum absolute atomic E-state index is 0.383. The molecule has 0 unspecified atom stereocenters. The van der Waals surface area contributed by atoms with Crippen LogP contribution in [-0.4, -0.2) is 31.3 Å². The molecule has 0 saturated heterocycles. The summed E-state index contributed by atoms with van der Waals surface area (Å²) in [6.45, 7) is 2.07. The zero-order valence-electron chi connectivity index (χ0n) is 9.69. The Balaban J connectivity index is 2.81. The van der Waals surface area contributed by atoms with Gasteiger partial charge < -0.3 is 5.11 Å². The maximum absolute atomic E-state index is 11.2. The molecule has 1 fully saturated rings. The summed E-state index contributed by atoms with van der Waals surface area (Å²) in [5, 5.41) is 9.18. The predicted octanol–water partition coefficient (Wildman–Crippen LogP) is 0.959. The van der Waals surface area contributed by atoms with E-state index in [1.165, 1.54) is 0 Å². The normalized spacial score (nSPS) is 31.2. The second kappa shape index (κ2) is 4.71. The largest absolute Gasteiger partial charge is 0.480 e. The van der Waals surface area contributed by atoms with Gasteiger partial charge >= 0.3 is 5.97 Å². The van der Waals surface area contributed by atoms with Gasteiger partial charge in [0.15, 0.2) is 0 Å². The Morgan fingerprint density at radius 2 is 1.94 bits per heavy atom. The number of rotatable bonds is 4. The molecule has 0 aromatic heterocycles. The number of hydrogen-bond acceptors (Lipinski definition) is 3. The van der Waals surface area contributed by atoms with Crippen molar-refractivity contribution >= 4 is 16.0 Å². The molecule has 94 valence electrons. The van der Waals surface area contributed by atoms with E-state index in [-0.39, 0.29) is 0 Å². The van der Waals surface area contributed by atoms with Gasteiger partial charge in [-0.2, -0.15) is 4.72 Å². The van der Waals surface area contributed by atoms with E-state index < -0.39 is 21.5 Å². The first-order chi connectivity index (χ1) is 7.29. The number of carboxylic acids is 1. The van der Waals surface area contributed by atoms with E-state index in [0.29, 0.717) is 18.8 Å². The molecule has 0 aromatic carbocycles. The summed E-state index contributed by atoms with van der Waals surface area (Å²) in [4.78, 5) is 11.2. The van der Waals surface area contributed by atoms with Crippen molar-refractivity contribution in [3.8, 4) is 0 Å². The van der Waals surface area contributed by atoms with Crippen molar-refractivity contribution in [2.24, 2.45) is 5.92 Å². The topological polar surface area (TPSA) is 83.5 Å². The summed E-state index contributed by atoms with van der Waals surface area (Å²) in [5.41, 5.74) is -1.28. The van der Waals surface area contributed by atoms with E-state index >= 15 is 0 Å². The van der Waals surface area contributed by atoms with Crippen molar-refractivity contribution in [3.05, 3.63) is 0 Å². The Labute approximate surface area is 96.3 Å². The van der Waals surface area contributed by atoms with Crippen LogP contribution in [0.2, 0.25) is 0 Å². The van der Waals surface area contributed by atoms with Crippen LogP contribution in [0.5, 0.6) is 0 Å². The molecule has 6 heteroatoms. The third kappa shape index (κ3) is 3.18. The second-order valence-corrected chi connectivity index (χ2v) is 6.36. The Morgan fingerprint density at radius 1 is 1.44 bits per heavy atom. The lowest BCUT2D eigenvalue weighted by Crippen LogP contribution is -2.55. The van der Waals surface area contributed by atoms with Crippen molar-refractivity contribution in [2.75, 3.05) is 6.26 Å². The van der Waals surface area contributed by atoms with E-state index in [2.05, 4.69) is 11.6 Å². The molecule has 1 aliphatic carbocycles. The first-order valence-electron chi connectivity index (χ1n) is 5.51. The molecule has 5 nitrogen and oxygen atoms in total. The molecule has 0 atom stereocenters. The third-order valence-corrected chi connectivity index (χ3v) is 4.09. The number of aliphatic carboxylic acids is 1. The van der Waals surface area contributed by atoms with Crippen LogP contribution >= 0.6 is 0 Å². The lowest BCUT2D eigenvalue weighted by molar-refractivity contribution is -0.145. The first kappa shape index (κ1) is 13.4.